The van der Waals surface area contributed by atoms with Gasteiger partial charge in [0.1, 0.15) is 0 Å². The number of nitrogens with zero attached hydrogens (tertiary/aromatic N) is 2. The van der Waals surface area contributed by atoms with Gasteiger partial charge < -0.3 is 9.64 Å². The largest absolute Gasteiger partial charge is 0.416 e. The zero-order chi connectivity index (χ0) is 23.7. The van der Waals surface area contributed by atoms with Crippen LogP contribution in [0.3, 0.4) is 0 Å². The van der Waals surface area contributed by atoms with Crippen LogP contribution in [0, 0.1) is 0 Å². The molecule has 2 aliphatic heterocycles. The number of hydrogen-bond donors (Lipinski definition) is 0. The van der Waals surface area contributed by atoms with Crippen LogP contribution in [0.25, 0.3) is 0 Å². The first-order chi connectivity index (χ1) is 14.8. The lowest BCUT2D eigenvalue weighted by atomic mass is 10.1. The molecule has 6 nitrogen and oxygen atoms in total. The Labute approximate surface area is 181 Å². The van der Waals surface area contributed by atoms with E-state index in [2.05, 4.69) is 0 Å². The Hall–Kier alpha value is -1.86. The van der Waals surface area contributed by atoms with E-state index >= 15 is 0 Å². The van der Waals surface area contributed by atoms with E-state index in [1.807, 2.05) is 0 Å². The number of piperazine rings is 1. The molecule has 0 saturated carbocycles. The van der Waals surface area contributed by atoms with Crippen molar-refractivity contribution < 1.29 is 44.3 Å². The predicted molar refractivity (Wildman–Crippen MR) is 100.0 cm³/mol. The number of benzene rings is 1. The van der Waals surface area contributed by atoms with Gasteiger partial charge >= 0.3 is 12.4 Å². The van der Waals surface area contributed by atoms with Crippen LogP contribution in [0.5, 0.6) is 0 Å². The zero-order valence-electron chi connectivity index (χ0n) is 16.9. The van der Waals surface area contributed by atoms with E-state index in [4.69, 9.17) is 4.74 Å². The molecular formula is C19H22F6N2O4S. The summed E-state index contributed by atoms with van der Waals surface area (Å²) in [6, 6.07) is 0.275. The van der Waals surface area contributed by atoms with Crippen molar-refractivity contribution in [3.8, 4) is 0 Å². The quantitative estimate of drug-likeness (QED) is 0.595. The molecule has 1 amide bonds. The van der Waals surface area contributed by atoms with E-state index in [9.17, 15) is 39.6 Å². The summed E-state index contributed by atoms with van der Waals surface area (Å²) in [6.45, 7) is 0.182. The summed E-state index contributed by atoms with van der Waals surface area (Å²) >= 11 is 0. The monoisotopic (exact) mass is 488 g/mol. The minimum absolute atomic E-state index is 0.00528. The van der Waals surface area contributed by atoms with Gasteiger partial charge in [0.2, 0.25) is 15.9 Å². The van der Waals surface area contributed by atoms with Crippen LogP contribution in [0.15, 0.2) is 23.1 Å². The SMILES string of the molecule is O=C(CCC1CCCO1)N1CCN(S(=O)(=O)c2cc(C(F)(F)F)cc(C(F)(F)F)c2)CC1. The Morgan fingerprint density at radius 1 is 0.969 bits per heavy atom. The Morgan fingerprint density at radius 3 is 2.00 bits per heavy atom. The predicted octanol–water partition coefficient (Wildman–Crippen LogP) is 3.52. The van der Waals surface area contributed by atoms with Gasteiger partial charge in [-0.3, -0.25) is 4.79 Å². The van der Waals surface area contributed by atoms with Gasteiger partial charge in [-0.1, -0.05) is 0 Å². The molecule has 3 rings (SSSR count). The van der Waals surface area contributed by atoms with Crippen molar-refractivity contribution in [3.05, 3.63) is 29.3 Å². The number of sulfonamides is 1. The van der Waals surface area contributed by atoms with Crippen LogP contribution < -0.4 is 0 Å². The number of hydrogen-bond acceptors (Lipinski definition) is 4. The van der Waals surface area contributed by atoms with Gasteiger partial charge in [-0.15, -0.1) is 0 Å². The number of rotatable bonds is 5. The fourth-order valence-corrected chi connectivity index (χ4v) is 5.21. The second-order valence-electron chi connectivity index (χ2n) is 7.70. The van der Waals surface area contributed by atoms with E-state index in [-0.39, 0.29) is 62.8 Å². The highest BCUT2D eigenvalue weighted by Crippen LogP contribution is 2.37. The fraction of sp³-hybridized carbons (Fsp3) is 0.632. The molecule has 180 valence electrons. The summed E-state index contributed by atoms with van der Waals surface area (Å²) < 4.78 is 110. The Kier molecular flexibility index (Phi) is 7.11. The molecule has 2 saturated heterocycles. The van der Waals surface area contributed by atoms with Crippen LogP contribution in [0.2, 0.25) is 0 Å². The standard InChI is InChI=1S/C19H22F6N2O4S/c20-18(21,22)13-10-14(19(23,24)25)12-16(11-13)32(29,30)27-7-5-26(6-8-27)17(28)4-3-15-2-1-9-31-15/h10-12,15H,1-9H2. The average molecular weight is 488 g/mol. The fourth-order valence-electron chi connectivity index (χ4n) is 3.72. The van der Waals surface area contributed by atoms with Crippen LogP contribution in [0.1, 0.15) is 36.8 Å². The van der Waals surface area contributed by atoms with Crippen molar-refractivity contribution in [2.75, 3.05) is 32.8 Å². The lowest BCUT2D eigenvalue weighted by molar-refractivity contribution is -0.143. The maximum Gasteiger partial charge on any atom is 0.416 e. The van der Waals surface area contributed by atoms with Gasteiger partial charge in [0, 0.05) is 39.2 Å². The van der Waals surface area contributed by atoms with Gasteiger partial charge in [0.05, 0.1) is 22.1 Å². The first kappa shape index (κ1) is 24.8. The Bertz CT molecular complexity index is 902. The summed E-state index contributed by atoms with van der Waals surface area (Å²) in [5.74, 6) is -0.198. The van der Waals surface area contributed by atoms with Gasteiger partial charge in [0.25, 0.3) is 0 Å². The molecular weight excluding hydrogens is 466 g/mol. The second-order valence-corrected chi connectivity index (χ2v) is 9.64. The summed E-state index contributed by atoms with van der Waals surface area (Å²) in [5, 5.41) is 0. The summed E-state index contributed by atoms with van der Waals surface area (Å²) in [4.78, 5) is 12.7. The molecule has 0 aliphatic carbocycles. The van der Waals surface area contributed by atoms with Crippen LogP contribution >= 0.6 is 0 Å². The third kappa shape index (κ3) is 5.73. The smallest absolute Gasteiger partial charge is 0.378 e. The van der Waals surface area contributed by atoms with Gasteiger partial charge in [-0.05, 0) is 37.5 Å². The van der Waals surface area contributed by atoms with Crippen molar-refractivity contribution in [2.45, 2.75) is 49.0 Å². The van der Waals surface area contributed by atoms with Gasteiger partial charge in [0.15, 0.2) is 0 Å². The van der Waals surface area contributed by atoms with E-state index in [0.717, 1.165) is 17.1 Å². The number of carbonyl (C=O) groups is 1. The molecule has 0 bridgehead atoms. The average Bonchev–Trinajstić information content (AvgIpc) is 3.24. The van der Waals surface area contributed by atoms with Gasteiger partial charge in [-0.2, -0.15) is 30.6 Å². The minimum atomic E-state index is -5.15. The zero-order valence-corrected chi connectivity index (χ0v) is 17.7. The highest BCUT2D eigenvalue weighted by Gasteiger charge is 2.39. The van der Waals surface area contributed by atoms with E-state index in [1.54, 1.807) is 0 Å². The third-order valence-electron chi connectivity index (χ3n) is 5.49. The normalized spacial score (nSPS) is 21.2. The topological polar surface area (TPSA) is 66.9 Å². The maximum atomic E-state index is 13.1. The maximum absolute atomic E-state index is 13.1. The second kappa shape index (κ2) is 9.18. The summed E-state index contributed by atoms with van der Waals surface area (Å²) in [5.41, 5.74) is -3.40. The lowest BCUT2D eigenvalue weighted by Crippen LogP contribution is -2.50. The number of ether oxygens (including phenoxy) is 1. The Balaban J connectivity index is 1.71. The van der Waals surface area contributed by atoms with Crippen LogP contribution in [-0.2, 0) is 31.9 Å². The first-order valence-electron chi connectivity index (χ1n) is 9.97. The molecule has 1 unspecified atom stereocenters. The van der Waals surface area contributed by atoms with Crippen LogP contribution in [0.4, 0.5) is 26.3 Å². The molecule has 2 heterocycles. The Morgan fingerprint density at radius 2 is 1.53 bits per heavy atom. The molecule has 0 N–H and O–H groups in total. The van der Waals surface area contributed by atoms with Crippen molar-refractivity contribution in [1.82, 2.24) is 9.21 Å². The number of amides is 1. The van der Waals surface area contributed by atoms with Crippen molar-refractivity contribution in [1.29, 1.82) is 0 Å². The summed E-state index contributed by atoms with van der Waals surface area (Å²) in [6.07, 6.45) is -7.72. The molecule has 0 aromatic heterocycles. The van der Waals surface area contributed by atoms with E-state index in [1.165, 1.54) is 4.90 Å². The first-order valence-corrected chi connectivity index (χ1v) is 11.4. The van der Waals surface area contributed by atoms with E-state index < -0.39 is 38.4 Å². The minimum Gasteiger partial charge on any atom is -0.378 e. The van der Waals surface area contributed by atoms with Crippen molar-refractivity contribution in [2.24, 2.45) is 0 Å². The van der Waals surface area contributed by atoms with Crippen molar-refractivity contribution in [3.63, 3.8) is 0 Å². The van der Waals surface area contributed by atoms with Gasteiger partial charge in [-0.25, -0.2) is 8.42 Å². The highest BCUT2D eigenvalue weighted by atomic mass is 32.2. The third-order valence-corrected chi connectivity index (χ3v) is 7.37. The highest BCUT2D eigenvalue weighted by molar-refractivity contribution is 7.89. The van der Waals surface area contributed by atoms with Crippen molar-refractivity contribution >= 4 is 15.9 Å². The molecule has 32 heavy (non-hydrogen) atoms. The molecule has 2 aliphatic rings. The molecule has 13 heteroatoms. The molecule has 1 atom stereocenters. The number of alkyl halides is 6. The molecule has 1 aromatic rings. The molecule has 0 spiro atoms. The molecule has 2 fully saturated rings. The van der Waals surface area contributed by atoms with Crippen LogP contribution in [-0.4, -0.2) is 62.4 Å². The lowest BCUT2D eigenvalue weighted by Gasteiger charge is -2.34. The number of halogens is 6. The molecule has 0 radical (unpaired) electrons. The van der Waals surface area contributed by atoms with E-state index in [0.29, 0.717) is 13.0 Å². The molecule has 1 aromatic carbocycles. The number of carbonyl (C=O) groups excluding carboxylic acids is 1. The summed E-state index contributed by atoms with van der Waals surface area (Å²) in [7, 11) is -4.63.